The van der Waals surface area contributed by atoms with E-state index in [2.05, 4.69) is 15.2 Å². The second-order valence-corrected chi connectivity index (χ2v) is 7.02. The molecule has 1 fully saturated rings. The van der Waals surface area contributed by atoms with Crippen molar-refractivity contribution in [1.82, 2.24) is 15.2 Å². The van der Waals surface area contributed by atoms with Gasteiger partial charge in [0.1, 0.15) is 0 Å². The molecule has 0 saturated carbocycles. The zero-order valence-corrected chi connectivity index (χ0v) is 15.3. The second kappa shape index (κ2) is 8.92. The van der Waals surface area contributed by atoms with Crippen molar-refractivity contribution < 1.29 is 9.90 Å². The highest BCUT2D eigenvalue weighted by molar-refractivity contribution is 5.94. The van der Waals surface area contributed by atoms with E-state index in [4.69, 9.17) is 0 Å². The molecule has 0 radical (unpaired) electrons. The van der Waals surface area contributed by atoms with Crippen molar-refractivity contribution >= 4 is 5.91 Å². The number of piperidine rings is 1. The molecular weight excluding hydrogens is 326 g/mol. The number of nitrogens with zero attached hydrogens (tertiary/aromatic N) is 2. The predicted molar refractivity (Wildman–Crippen MR) is 103 cm³/mol. The van der Waals surface area contributed by atoms with Crippen LogP contribution < -0.4 is 5.32 Å². The normalized spacial score (nSPS) is 17.8. The monoisotopic (exact) mass is 353 g/mol. The highest BCUT2D eigenvalue weighted by atomic mass is 16.3. The summed E-state index contributed by atoms with van der Waals surface area (Å²) in [5, 5.41) is 12.3. The van der Waals surface area contributed by atoms with Crippen molar-refractivity contribution in [1.29, 1.82) is 0 Å². The van der Waals surface area contributed by atoms with Gasteiger partial charge in [0, 0.05) is 44.2 Å². The number of aliphatic hydroxyl groups is 1. The molecule has 5 nitrogen and oxygen atoms in total. The maximum atomic E-state index is 12.3. The smallest absolute Gasteiger partial charge is 0.251 e. The number of amides is 1. The molecule has 0 bridgehead atoms. The molecule has 1 aromatic heterocycles. The summed E-state index contributed by atoms with van der Waals surface area (Å²) in [4.78, 5) is 18.8. The van der Waals surface area contributed by atoms with Gasteiger partial charge in [-0.1, -0.05) is 12.1 Å². The fraction of sp³-hybridized carbons (Fsp3) is 0.429. The van der Waals surface area contributed by atoms with Crippen LogP contribution in [0, 0.1) is 12.8 Å². The van der Waals surface area contributed by atoms with E-state index in [-0.39, 0.29) is 12.5 Å². The quantitative estimate of drug-likeness (QED) is 0.837. The molecule has 1 amide bonds. The Kier molecular flexibility index (Phi) is 6.36. The topological polar surface area (TPSA) is 65.5 Å². The van der Waals surface area contributed by atoms with Gasteiger partial charge in [0.15, 0.2) is 0 Å². The number of rotatable bonds is 6. The van der Waals surface area contributed by atoms with Gasteiger partial charge in [-0.2, -0.15) is 0 Å². The summed E-state index contributed by atoms with van der Waals surface area (Å²) in [5.74, 6) is 0.336. The van der Waals surface area contributed by atoms with Crippen LogP contribution in [0.4, 0.5) is 0 Å². The van der Waals surface area contributed by atoms with Crippen LogP contribution >= 0.6 is 0 Å². The maximum Gasteiger partial charge on any atom is 0.251 e. The van der Waals surface area contributed by atoms with Crippen molar-refractivity contribution in [3.63, 3.8) is 0 Å². The van der Waals surface area contributed by atoms with Gasteiger partial charge in [-0.25, -0.2) is 0 Å². The molecule has 0 unspecified atom stereocenters. The number of likely N-dealkylation sites (tertiary alicyclic amines) is 1. The third-order valence-corrected chi connectivity index (χ3v) is 5.05. The Hall–Kier alpha value is -2.24. The molecule has 0 spiro atoms. The number of hydrogen-bond donors (Lipinski definition) is 2. The SMILES string of the molecule is Cc1cnccc1-c1ccc(C(=O)NCCN2CCC[C@H](CO)C2)cc1. The zero-order valence-electron chi connectivity index (χ0n) is 15.3. The molecule has 1 aromatic carbocycles. The lowest BCUT2D eigenvalue weighted by Crippen LogP contribution is -2.41. The van der Waals surface area contributed by atoms with Crippen LogP contribution in [-0.4, -0.2) is 53.7 Å². The van der Waals surface area contributed by atoms with Crippen LogP contribution in [0.15, 0.2) is 42.7 Å². The molecule has 1 aliphatic heterocycles. The predicted octanol–water partition coefficient (Wildman–Crippen LogP) is 2.49. The van der Waals surface area contributed by atoms with Crippen LogP contribution in [0.3, 0.4) is 0 Å². The number of aromatic nitrogens is 1. The van der Waals surface area contributed by atoms with Gasteiger partial charge in [-0.15, -0.1) is 0 Å². The number of nitrogens with one attached hydrogen (secondary N) is 1. The van der Waals surface area contributed by atoms with Gasteiger partial charge in [0.2, 0.25) is 0 Å². The number of benzene rings is 1. The lowest BCUT2D eigenvalue weighted by atomic mass is 9.99. The Bertz CT molecular complexity index is 730. The molecule has 26 heavy (non-hydrogen) atoms. The Labute approximate surface area is 155 Å². The van der Waals surface area contributed by atoms with Gasteiger partial charge in [0.25, 0.3) is 5.91 Å². The first kappa shape index (κ1) is 18.5. The summed E-state index contributed by atoms with van der Waals surface area (Å²) in [6, 6.07) is 9.69. The fourth-order valence-electron chi connectivity index (χ4n) is 3.53. The van der Waals surface area contributed by atoms with Crippen LogP contribution in [0.25, 0.3) is 11.1 Å². The summed E-state index contributed by atoms with van der Waals surface area (Å²) >= 11 is 0. The Morgan fingerprint density at radius 3 is 2.85 bits per heavy atom. The average molecular weight is 353 g/mol. The lowest BCUT2D eigenvalue weighted by Gasteiger charge is -2.31. The van der Waals surface area contributed by atoms with E-state index < -0.39 is 0 Å². The van der Waals surface area contributed by atoms with Crippen molar-refractivity contribution in [3.8, 4) is 11.1 Å². The molecule has 2 N–H and O–H groups in total. The summed E-state index contributed by atoms with van der Waals surface area (Å²) in [6.07, 6.45) is 5.85. The third-order valence-electron chi connectivity index (χ3n) is 5.05. The molecule has 0 aliphatic carbocycles. The zero-order chi connectivity index (χ0) is 18.4. The number of pyridine rings is 1. The fourth-order valence-corrected chi connectivity index (χ4v) is 3.53. The minimum atomic E-state index is -0.0429. The number of hydrogen-bond acceptors (Lipinski definition) is 4. The van der Waals surface area contributed by atoms with E-state index in [1.807, 2.05) is 43.5 Å². The van der Waals surface area contributed by atoms with E-state index in [9.17, 15) is 9.90 Å². The van der Waals surface area contributed by atoms with E-state index >= 15 is 0 Å². The Morgan fingerprint density at radius 2 is 2.12 bits per heavy atom. The summed E-state index contributed by atoms with van der Waals surface area (Å²) in [7, 11) is 0. The van der Waals surface area contributed by atoms with Crippen molar-refractivity contribution in [2.24, 2.45) is 5.92 Å². The van der Waals surface area contributed by atoms with Crippen molar-refractivity contribution in [2.45, 2.75) is 19.8 Å². The van der Waals surface area contributed by atoms with E-state index in [1.54, 1.807) is 6.20 Å². The van der Waals surface area contributed by atoms with Gasteiger partial charge in [-0.3, -0.25) is 9.78 Å². The summed E-state index contributed by atoms with van der Waals surface area (Å²) < 4.78 is 0. The minimum absolute atomic E-state index is 0.0429. The Balaban J connectivity index is 1.51. The molecular formula is C21H27N3O2. The Morgan fingerprint density at radius 1 is 1.31 bits per heavy atom. The van der Waals surface area contributed by atoms with E-state index in [1.165, 1.54) is 0 Å². The van der Waals surface area contributed by atoms with Crippen LogP contribution in [0.2, 0.25) is 0 Å². The molecule has 5 heteroatoms. The van der Waals surface area contributed by atoms with Crippen molar-refractivity contribution in [3.05, 3.63) is 53.9 Å². The first-order valence-electron chi connectivity index (χ1n) is 9.30. The lowest BCUT2D eigenvalue weighted by molar-refractivity contribution is 0.0930. The maximum absolute atomic E-state index is 12.3. The standard InChI is InChI=1S/C21H27N3O2/c1-16-13-22-9-8-20(16)18-4-6-19(7-5-18)21(26)23-10-12-24-11-2-3-17(14-24)15-25/h4-9,13,17,25H,2-3,10-12,14-15H2,1H3,(H,23,26)/t17-/m0/s1. The average Bonchev–Trinajstić information content (AvgIpc) is 2.68. The van der Waals surface area contributed by atoms with Crippen LogP contribution in [0.1, 0.15) is 28.8 Å². The number of carbonyl (C=O) groups is 1. The van der Waals surface area contributed by atoms with Gasteiger partial charge >= 0.3 is 0 Å². The molecule has 138 valence electrons. The first-order valence-corrected chi connectivity index (χ1v) is 9.30. The molecule has 2 aromatic rings. The van der Waals surface area contributed by atoms with Gasteiger partial charge in [-0.05, 0) is 67.1 Å². The van der Waals surface area contributed by atoms with Gasteiger partial charge in [0.05, 0.1) is 0 Å². The van der Waals surface area contributed by atoms with Crippen LogP contribution in [0.5, 0.6) is 0 Å². The molecule has 1 saturated heterocycles. The van der Waals surface area contributed by atoms with Crippen LogP contribution in [-0.2, 0) is 0 Å². The molecule has 1 atom stereocenters. The number of carbonyl (C=O) groups excluding carboxylic acids is 1. The largest absolute Gasteiger partial charge is 0.396 e. The summed E-state index contributed by atoms with van der Waals surface area (Å²) in [5.41, 5.74) is 4.01. The minimum Gasteiger partial charge on any atom is -0.396 e. The number of aryl methyl sites for hydroxylation is 1. The summed E-state index contributed by atoms with van der Waals surface area (Å²) in [6.45, 7) is 5.72. The van der Waals surface area contributed by atoms with E-state index in [0.29, 0.717) is 18.0 Å². The molecule has 1 aliphatic rings. The van der Waals surface area contributed by atoms with E-state index in [0.717, 1.165) is 49.2 Å². The number of aliphatic hydroxyl groups excluding tert-OH is 1. The van der Waals surface area contributed by atoms with Crippen molar-refractivity contribution in [2.75, 3.05) is 32.8 Å². The first-order chi connectivity index (χ1) is 12.7. The highest BCUT2D eigenvalue weighted by Crippen LogP contribution is 2.22. The highest BCUT2D eigenvalue weighted by Gasteiger charge is 2.18. The molecule has 3 rings (SSSR count). The molecule has 2 heterocycles. The second-order valence-electron chi connectivity index (χ2n) is 7.02. The third kappa shape index (κ3) is 4.68. The van der Waals surface area contributed by atoms with Gasteiger partial charge < -0.3 is 15.3 Å².